The number of hydrogen-bond donors (Lipinski definition) is 3. The number of aryl methyl sites for hydroxylation is 1. The molecule has 3 heterocycles. The largest absolute Gasteiger partial charge is 0.489 e. The second-order valence-corrected chi connectivity index (χ2v) is 10.6. The van der Waals surface area contributed by atoms with Crippen LogP contribution in [-0.4, -0.2) is 65.9 Å². The van der Waals surface area contributed by atoms with Gasteiger partial charge in [-0.3, -0.25) is 0 Å². The quantitative estimate of drug-likeness (QED) is 0.370. The molecular formula is C31H43N3O4. The van der Waals surface area contributed by atoms with E-state index in [4.69, 9.17) is 14.6 Å². The minimum Gasteiger partial charge on any atom is -0.489 e. The summed E-state index contributed by atoms with van der Waals surface area (Å²) < 4.78 is 11.8. The molecule has 5 rings (SSSR count). The molecule has 0 amide bonds. The molecule has 0 bridgehead atoms. The van der Waals surface area contributed by atoms with E-state index in [1.165, 1.54) is 32.1 Å². The Hall–Kier alpha value is -2.87. The van der Waals surface area contributed by atoms with Gasteiger partial charge in [0, 0.05) is 28.7 Å². The highest BCUT2D eigenvalue weighted by Crippen LogP contribution is 2.28. The number of aromatic amines is 1. The van der Waals surface area contributed by atoms with Crippen LogP contribution in [0.2, 0.25) is 0 Å². The first-order valence-corrected chi connectivity index (χ1v) is 14.0. The Bertz CT molecular complexity index is 1160. The Balaban J connectivity index is 0.000000317. The fraction of sp³-hybridized carbons (Fsp3) is 0.516. The highest BCUT2D eigenvalue weighted by Gasteiger charge is 2.22. The average molecular weight is 522 g/mol. The highest BCUT2D eigenvalue weighted by molar-refractivity contribution is 6.05. The van der Waals surface area contributed by atoms with Gasteiger partial charge >= 0.3 is 5.97 Å². The van der Waals surface area contributed by atoms with Gasteiger partial charge in [0.1, 0.15) is 18.5 Å². The first-order valence-electron chi connectivity index (χ1n) is 14.0. The summed E-state index contributed by atoms with van der Waals surface area (Å²) in [5.41, 5.74) is 3.25. The molecule has 3 unspecified atom stereocenters. The molecule has 0 radical (unpaired) electrons. The third-order valence-corrected chi connectivity index (χ3v) is 7.74. The summed E-state index contributed by atoms with van der Waals surface area (Å²) in [5.74, 6) is 0.449. The summed E-state index contributed by atoms with van der Waals surface area (Å²) in [6, 6.07) is 16.4. The van der Waals surface area contributed by atoms with E-state index in [9.17, 15) is 4.79 Å². The molecule has 1 aromatic heterocycles. The molecule has 38 heavy (non-hydrogen) atoms. The van der Waals surface area contributed by atoms with E-state index in [1.807, 2.05) is 55.5 Å². The van der Waals surface area contributed by atoms with E-state index >= 15 is 0 Å². The van der Waals surface area contributed by atoms with Crippen LogP contribution in [0.3, 0.4) is 0 Å². The minimum absolute atomic E-state index is 0.0706. The molecule has 206 valence electrons. The van der Waals surface area contributed by atoms with Crippen LogP contribution in [0.1, 0.15) is 67.1 Å². The second-order valence-electron chi connectivity index (χ2n) is 10.6. The molecule has 7 heteroatoms. The number of likely N-dealkylation sites (tertiary alicyclic amines) is 1. The number of likely N-dealkylation sites (N-methyl/N-ethyl adjacent to an activating group) is 1. The first-order chi connectivity index (χ1) is 18.5. The van der Waals surface area contributed by atoms with Gasteiger partial charge in [-0.05, 0) is 83.4 Å². The van der Waals surface area contributed by atoms with Crippen molar-refractivity contribution in [1.29, 1.82) is 0 Å². The molecule has 2 saturated heterocycles. The number of aromatic nitrogens is 1. The zero-order chi connectivity index (χ0) is 26.9. The van der Waals surface area contributed by atoms with Gasteiger partial charge in [0.05, 0.1) is 12.2 Å². The van der Waals surface area contributed by atoms with E-state index in [-0.39, 0.29) is 18.7 Å². The molecule has 7 nitrogen and oxygen atoms in total. The van der Waals surface area contributed by atoms with Gasteiger partial charge in [0.15, 0.2) is 0 Å². The van der Waals surface area contributed by atoms with Crippen LogP contribution >= 0.6 is 0 Å². The number of nitrogens with zero attached hydrogens (tertiary/aromatic N) is 1. The summed E-state index contributed by atoms with van der Waals surface area (Å²) in [6.45, 7) is 6.79. The first kappa shape index (κ1) is 28.1. The Kier molecular flexibility index (Phi) is 10.2. The van der Waals surface area contributed by atoms with Crippen LogP contribution in [0.25, 0.3) is 10.9 Å². The van der Waals surface area contributed by atoms with Crippen molar-refractivity contribution in [3.8, 4) is 5.75 Å². The van der Waals surface area contributed by atoms with E-state index in [0.717, 1.165) is 47.4 Å². The number of ether oxygens (including phenoxy) is 2. The molecule has 0 spiro atoms. The van der Waals surface area contributed by atoms with Gasteiger partial charge in [-0.2, -0.15) is 0 Å². The molecule has 0 aliphatic carbocycles. The summed E-state index contributed by atoms with van der Waals surface area (Å²) in [6.07, 6.45) is 7.42. The van der Waals surface area contributed by atoms with Crippen LogP contribution in [0.5, 0.6) is 5.75 Å². The van der Waals surface area contributed by atoms with Crippen LogP contribution in [-0.2, 0) is 11.3 Å². The normalized spacial score (nSPS) is 20.8. The summed E-state index contributed by atoms with van der Waals surface area (Å²) in [5, 5.41) is 13.2. The van der Waals surface area contributed by atoms with Crippen molar-refractivity contribution in [1.82, 2.24) is 15.2 Å². The monoisotopic (exact) mass is 521 g/mol. The maximum absolute atomic E-state index is 12.8. The third kappa shape index (κ3) is 7.37. The topological polar surface area (TPSA) is 86.8 Å². The number of piperidine rings is 2. The van der Waals surface area contributed by atoms with Crippen LogP contribution in [0.4, 0.5) is 0 Å². The summed E-state index contributed by atoms with van der Waals surface area (Å²) in [4.78, 5) is 18.3. The molecule has 2 aliphatic rings. The van der Waals surface area contributed by atoms with Crippen molar-refractivity contribution >= 4 is 16.9 Å². The Morgan fingerprint density at radius 1 is 1.11 bits per heavy atom. The molecule has 3 atom stereocenters. The smallest absolute Gasteiger partial charge is 0.340 e. The number of aliphatic hydroxyl groups is 1. The van der Waals surface area contributed by atoms with Crippen LogP contribution < -0.4 is 10.1 Å². The molecule has 0 saturated carbocycles. The number of carbonyl (C=O) groups is 1. The van der Waals surface area contributed by atoms with Crippen molar-refractivity contribution in [2.75, 3.05) is 26.7 Å². The summed E-state index contributed by atoms with van der Waals surface area (Å²) in [7, 11) is 2.08. The van der Waals surface area contributed by atoms with Gasteiger partial charge in [0.25, 0.3) is 0 Å². The molecule has 2 aromatic carbocycles. The van der Waals surface area contributed by atoms with Crippen molar-refractivity contribution < 1.29 is 19.4 Å². The standard InChI is InChI=1S/C24H28N2O3.C7H15NO/c1-16-23(24(27)28-15-18-8-4-3-5-9-18)20-14-19(11-12-22(20)26-16)29-17(2)21-10-6-7-13-25-21;1-8-5-3-2-4-7(8)6-9/h3-5,8-9,11-12,14,17,21,25-26H,6-7,10,13,15H2,1-2H3;7,9H,2-6H2,1H3. The van der Waals surface area contributed by atoms with Gasteiger partial charge in [-0.1, -0.05) is 43.2 Å². The molecular weight excluding hydrogens is 478 g/mol. The maximum Gasteiger partial charge on any atom is 0.340 e. The number of carbonyl (C=O) groups excluding carboxylic acids is 1. The lowest BCUT2D eigenvalue weighted by Gasteiger charge is -2.30. The van der Waals surface area contributed by atoms with Gasteiger partial charge < -0.3 is 29.8 Å². The fourth-order valence-electron chi connectivity index (χ4n) is 5.39. The van der Waals surface area contributed by atoms with Gasteiger partial charge in [0.2, 0.25) is 0 Å². The van der Waals surface area contributed by atoms with E-state index in [0.29, 0.717) is 24.3 Å². The third-order valence-electron chi connectivity index (χ3n) is 7.74. The van der Waals surface area contributed by atoms with Gasteiger partial charge in [-0.25, -0.2) is 4.79 Å². The Morgan fingerprint density at radius 3 is 2.58 bits per heavy atom. The van der Waals surface area contributed by atoms with Crippen LogP contribution in [0.15, 0.2) is 48.5 Å². The van der Waals surface area contributed by atoms with Gasteiger partial charge in [-0.15, -0.1) is 0 Å². The van der Waals surface area contributed by atoms with Crippen molar-refractivity contribution in [2.24, 2.45) is 0 Å². The zero-order valence-corrected chi connectivity index (χ0v) is 23.0. The highest BCUT2D eigenvalue weighted by atomic mass is 16.5. The lowest BCUT2D eigenvalue weighted by molar-refractivity contribution is 0.0474. The summed E-state index contributed by atoms with van der Waals surface area (Å²) >= 11 is 0. The van der Waals surface area contributed by atoms with Crippen molar-refractivity contribution in [2.45, 2.75) is 77.2 Å². The molecule has 3 aromatic rings. The Morgan fingerprint density at radius 2 is 1.89 bits per heavy atom. The maximum atomic E-state index is 12.8. The number of benzene rings is 2. The number of aliphatic hydroxyl groups excluding tert-OH is 1. The van der Waals surface area contributed by atoms with Crippen molar-refractivity contribution in [3.05, 3.63) is 65.4 Å². The van der Waals surface area contributed by atoms with E-state index in [1.54, 1.807) is 0 Å². The predicted molar refractivity (Wildman–Crippen MR) is 152 cm³/mol. The van der Waals surface area contributed by atoms with Crippen molar-refractivity contribution in [3.63, 3.8) is 0 Å². The fourth-order valence-corrected chi connectivity index (χ4v) is 5.39. The number of esters is 1. The molecule has 2 fully saturated rings. The molecule has 2 aliphatic heterocycles. The minimum atomic E-state index is -0.322. The lowest BCUT2D eigenvalue weighted by atomic mass is 10.0. The Labute approximate surface area is 226 Å². The average Bonchev–Trinajstić information content (AvgIpc) is 3.28. The van der Waals surface area contributed by atoms with E-state index < -0.39 is 0 Å². The molecule has 3 N–H and O–H groups in total. The number of fused-ring (bicyclic) bond motifs is 1. The van der Waals surface area contributed by atoms with E-state index in [2.05, 4.69) is 29.2 Å². The number of H-pyrrole nitrogens is 1. The SMILES string of the molecule is CN1CCCCC1CO.Cc1[nH]c2ccc(OC(C)C3CCCCN3)cc2c1C(=O)OCc1ccccc1. The zero-order valence-electron chi connectivity index (χ0n) is 23.0. The number of hydrogen-bond acceptors (Lipinski definition) is 6. The second kappa shape index (κ2) is 13.8. The predicted octanol–water partition coefficient (Wildman–Crippen LogP) is 5.21. The number of nitrogens with one attached hydrogen (secondary N) is 2. The van der Waals surface area contributed by atoms with Crippen LogP contribution in [0, 0.1) is 6.92 Å². The lowest BCUT2D eigenvalue weighted by Crippen LogP contribution is -2.44. The number of rotatable bonds is 7.